The van der Waals surface area contributed by atoms with Crippen LogP contribution in [0.2, 0.25) is 0 Å². The first kappa shape index (κ1) is 13.2. The Labute approximate surface area is 129 Å². The van der Waals surface area contributed by atoms with Crippen molar-refractivity contribution in [1.29, 1.82) is 0 Å². The van der Waals surface area contributed by atoms with Gasteiger partial charge in [0.05, 0.1) is 16.2 Å². The monoisotopic (exact) mass is 307 g/mol. The first-order valence-electron chi connectivity index (χ1n) is 6.81. The fourth-order valence-electron chi connectivity index (χ4n) is 2.81. The number of hydrogen-bond donors (Lipinski definition) is 2. The zero-order chi connectivity index (χ0) is 16.1. The van der Waals surface area contributed by atoms with Crippen LogP contribution in [0.15, 0.2) is 48.2 Å². The van der Waals surface area contributed by atoms with Gasteiger partial charge in [-0.1, -0.05) is 12.1 Å². The summed E-state index contributed by atoms with van der Waals surface area (Å²) in [5.74, 6) is -0.721. The molecule has 23 heavy (non-hydrogen) atoms. The van der Waals surface area contributed by atoms with Gasteiger partial charge in [0.2, 0.25) is 5.78 Å². The molecule has 1 amide bonds. The van der Waals surface area contributed by atoms with Gasteiger partial charge in [-0.05, 0) is 18.2 Å². The summed E-state index contributed by atoms with van der Waals surface area (Å²) in [5, 5.41) is 16.4. The van der Waals surface area contributed by atoms with E-state index in [4.69, 9.17) is 0 Å². The standard InChI is InChI=1S/C16H9N3O4/c20-15-10-3-1-2-4-11(10)17-14(15)13-9-6-5-8(19(22)23)7-12(9)18-16(13)21/h1-7,17H,(H,18,21)/b14-13-. The Bertz CT molecular complexity index is 946. The van der Waals surface area contributed by atoms with Crippen LogP contribution < -0.4 is 10.6 Å². The molecule has 7 nitrogen and oxygen atoms in total. The van der Waals surface area contributed by atoms with Gasteiger partial charge < -0.3 is 10.6 Å². The van der Waals surface area contributed by atoms with Gasteiger partial charge in [-0.3, -0.25) is 19.7 Å². The van der Waals surface area contributed by atoms with Gasteiger partial charge in [0.1, 0.15) is 5.70 Å². The van der Waals surface area contributed by atoms with E-state index in [2.05, 4.69) is 10.6 Å². The maximum absolute atomic E-state index is 12.5. The van der Waals surface area contributed by atoms with E-state index in [1.165, 1.54) is 18.2 Å². The number of para-hydroxylation sites is 1. The molecule has 0 bridgehead atoms. The molecule has 7 heteroatoms. The van der Waals surface area contributed by atoms with Gasteiger partial charge in [0, 0.05) is 28.9 Å². The second-order valence-electron chi connectivity index (χ2n) is 5.19. The largest absolute Gasteiger partial charge is 0.351 e. The molecule has 0 aromatic heterocycles. The molecule has 2 N–H and O–H groups in total. The number of nitrogens with zero attached hydrogens (tertiary/aromatic N) is 1. The van der Waals surface area contributed by atoms with E-state index >= 15 is 0 Å². The third-order valence-corrected chi connectivity index (χ3v) is 3.87. The van der Waals surface area contributed by atoms with Gasteiger partial charge in [0.25, 0.3) is 11.6 Å². The average Bonchev–Trinajstić information content (AvgIpc) is 3.03. The van der Waals surface area contributed by atoms with E-state index in [9.17, 15) is 19.7 Å². The predicted molar refractivity (Wildman–Crippen MR) is 83.0 cm³/mol. The molecule has 2 aliphatic rings. The van der Waals surface area contributed by atoms with Crippen molar-refractivity contribution in [3.63, 3.8) is 0 Å². The molecule has 0 aliphatic carbocycles. The fraction of sp³-hybridized carbons (Fsp3) is 0. The van der Waals surface area contributed by atoms with Crippen LogP contribution in [0.5, 0.6) is 0 Å². The summed E-state index contributed by atoms with van der Waals surface area (Å²) in [6.45, 7) is 0. The van der Waals surface area contributed by atoms with Crippen LogP contribution in [0.4, 0.5) is 17.1 Å². The molecular weight excluding hydrogens is 298 g/mol. The fourth-order valence-corrected chi connectivity index (χ4v) is 2.81. The van der Waals surface area contributed by atoms with Crippen LogP contribution in [0, 0.1) is 10.1 Å². The van der Waals surface area contributed by atoms with E-state index in [-0.39, 0.29) is 22.7 Å². The van der Waals surface area contributed by atoms with Crippen molar-refractivity contribution in [3.8, 4) is 0 Å². The third kappa shape index (κ3) is 1.83. The number of ketones is 1. The summed E-state index contributed by atoms with van der Waals surface area (Å²) in [6.07, 6.45) is 0. The maximum Gasteiger partial charge on any atom is 0.271 e. The number of hydrogen-bond acceptors (Lipinski definition) is 5. The van der Waals surface area contributed by atoms with E-state index in [0.717, 1.165) is 0 Å². The van der Waals surface area contributed by atoms with Crippen molar-refractivity contribution in [2.45, 2.75) is 0 Å². The lowest BCUT2D eigenvalue weighted by molar-refractivity contribution is -0.384. The van der Waals surface area contributed by atoms with Crippen molar-refractivity contribution < 1.29 is 14.5 Å². The second-order valence-corrected chi connectivity index (χ2v) is 5.19. The number of anilines is 2. The zero-order valence-corrected chi connectivity index (χ0v) is 11.6. The summed E-state index contributed by atoms with van der Waals surface area (Å²) in [7, 11) is 0. The molecule has 2 heterocycles. The molecule has 2 aromatic rings. The molecular formula is C16H9N3O4. The molecule has 0 unspecified atom stereocenters. The van der Waals surface area contributed by atoms with Gasteiger partial charge >= 0.3 is 0 Å². The average molecular weight is 307 g/mol. The van der Waals surface area contributed by atoms with Gasteiger partial charge in [-0.15, -0.1) is 0 Å². The molecule has 2 aromatic carbocycles. The maximum atomic E-state index is 12.5. The van der Waals surface area contributed by atoms with Gasteiger partial charge in [-0.2, -0.15) is 0 Å². The van der Waals surface area contributed by atoms with Crippen LogP contribution in [-0.4, -0.2) is 16.6 Å². The highest BCUT2D eigenvalue weighted by Gasteiger charge is 2.35. The van der Waals surface area contributed by atoms with E-state index < -0.39 is 10.8 Å². The first-order valence-corrected chi connectivity index (χ1v) is 6.81. The molecule has 0 fully saturated rings. The summed E-state index contributed by atoms with van der Waals surface area (Å²) < 4.78 is 0. The number of amides is 1. The van der Waals surface area contributed by atoms with Crippen LogP contribution in [0.3, 0.4) is 0 Å². The van der Waals surface area contributed by atoms with Crippen molar-refractivity contribution >= 4 is 34.3 Å². The van der Waals surface area contributed by atoms with Crippen molar-refractivity contribution in [2.75, 3.05) is 10.6 Å². The van der Waals surface area contributed by atoms with Crippen LogP contribution in [0.25, 0.3) is 5.57 Å². The highest BCUT2D eigenvalue weighted by atomic mass is 16.6. The quantitative estimate of drug-likeness (QED) is 0.479. The minimum Gasteiger partial charge on any atom is -0.351 e. The molecule has 0 spiro atoms. The van der Waals surface area contributed by atoms with Crippen molar-refractivity contribution in [1.82, 2.24) is 0 Å². The summed E-state index contributed by atoms with van der Waals surface area (Å²) in [4.78, 5) is 35.1. The molecule has 112 valence electrons. The Morgan fingerprint density at radius 1 is 0.913 bits per heavy atom. The van der Waals surface area contributed by atoms with Crippen molar-refractivity contribution in [3.05, 3.63) is 69.4 Å². The number of nitro benzene ring substituents is 1. The van der Waals surface area contributed by atoms with Gasteiger partial charge in [0.15, 0.2) is 0 Å². The van der Waals surface area contributed by atoms with Crippen LogP contribution in [0.1, 0.15) is 15.9 Å². The molecule has 0 saturated heterocycles. The molecule has 0 atom stereocenters. The number of Topliss-reactive ketones (excluding diaryl/α,β-unsaturated/α-hetero) is 1. The molecule has 4 rings (SSSR count). The minimum atomic E-state index is -0.535. The third-order valence-electron chi connectivity index (χ3n) is 3.87. The van der Waals surface area contributed by atoms with E-state index in [1.54, 1.807) is 24.3 Å². The number of non-ortho nitro benzene ring substituents is 1. The summed E-state index contributed by atoms with van der Waals surface area (Å²) in [6, 6.07) is 11.0. The van der Waals surface area contributed by atoms with Crippen LogP contribution >= 0.6 is 0 Å². The Morgan fingerprint density at radius 3 is 2.43 bits per heavy atom. The Morgan fingerprint density at radius 2 is 1.70 bits per heavy atom. The van der Waals surface area contributed by atoms with E-state index in [1.807, 2.05) is 0 Å². The van der Waals surface area contributed by atoms with Crippen LogP contribution in [-0.2, 0) is 4.79 Å². The topological polar surface area (TPSA) is 101 Å². The normalized spacial score (nSPS) is 18.3. The number of carbonyl (C=O) groups excluding carboxylic acids is 2. The first-order chi connectivity index (χ1) is 11.1. The van der Waals surface area contributed by atoms with Gasteiger partial charge in [-0.25, -0.2) is 0 Å². The zero-order valence-electron chi connectivity index (χ0n) is 11.6. The second kappa shape index (κ2) is 4.51. The lowest BCUT2D eigenvalue weighted by Crippen LogP contribution is -2.11. The Balaban J connectivity index is 1.88. The molecule has 0 saturated carbocycles. The number of fused-ring (bicyclic) bond motifs is 2. The smallest absolute Gasteiger partial charge is 0.271 e. The molecule has 2 aliphatic heterocycles. The summed E-state index contributed by atoms with van der Waals surface area (Å²) >= 11 is 0. The highest BCUT2D eigenvalue weighted by molar-refractivity contribution is 6.38. The Hall–Kier alpha value is -3.48. The predicted octanol–water partition coefficient (Wildman–Crippen LogP) is 2.57. The van der Waals surface area contributed by atoms with E-state index in [0.29, 0.717) is 22.5 Å². The lowest BCUT2D eigenvalue weighted by Gasteiger charge is -2.03. The Kier molecular flexibility index (Phi) is 2.59. The highest BCUT2D eigenvalue weighted by Crippen LogP contribution is 2.39. The SMILES string of the molecule is O=C1Nc2cc([N+](=O)[O-])ccc2/C1=C1/Nc2ccccc2C1=O. The molecule has 0 radical (unpaired) electrons. The lowest BCUT2D eigenvalue weighted by atomic mass is 10.0. The van der Waals surface area contributed by atoms with Crippen molar-refractivity contribution in [2.24, 2.45) is 0 Å². The number of benzene rings is 2. The number of rotatable bonds is 1. The number of nitro groups is 1. The summed E-state index contributed by atoms with van der Waals surface area (Å²) in [5.41, 5.74) is 2.22. The number of allylic oxidation sites excluding steroid dienone is 1. The number of carbonyl (C=O) groups is 2. The minimum absolute atomic E-state index is 0.121. The number of nitrogens with one attached hydrogen (secondary N) is 2.